The zero-order chi connectivity index (χ0) is 45.0. The molecule has 0 N–H and O–H groups in total. The summed E-state index contributed by atoms with van der Waals surface area (Å²) >= 11 is 0. The summed E-state index contributed by atoms with van der Waals surface area (Å²) in [4.78, 5) is 8.00. The molecule has 0 aliphatic heterocycles. The van der Waals surface area contributed by atoms with Crippen molar-refractivity contribution in [2.75, 3.05) is 0 Å². The van der Waals surface area contributed by atoms with Crippen LogP contribution in [0.4, 0.5) is 0 Å². The minimum Gasteiger partial charge on any atom is -0.409 e. The minimum atomic E-state index is -1.59. The molecule has 9 aromatic rings. The van der Waals surface area contributed by atoms with E-state index in [-0.39, 0.29) is 16.5 Å². The van der Waals surface area contributed by atoms with Gasteiger partial charge in [0, 0.05) is 16.5 Å². The molecule has 334 valence electrons. The van der Waals surface area contributed by atoms with Crippen LogP contribution in [0.25, 0.3) is 0 Å². The fourth-order valence-corrected chi connectivity index (χ4v) is 9.99. The molecule has 9 aromatic carbocycles. The summed E-state index contributed by atoms with van der Waals surface area (Å²) in [6.45, 7) is 2.00. The Hall–Kier alpha value is -6.77. The van der Waals surface area contributed by atoms with E-state index in [1.165, 1.54) is 15.9 Å². The predicted molar refractivity (Wildman–Crippen MR) is 269 cm³/mol. The van der Waals surface area contributed by atoms with Gasteiger partial charge < -0.3 is 31.9 Å². The van der Waals surface area contributed by atoms with Gasteiger partial charge in [-0.2, -0.15) is 0 Å². The summed E-state index contributed by atoms with van der Waals surface area (Å²) in [5.41, 5.74) is 0. The Bertz CT molecular complexity index is 2170. The van der Waals surface area contributed by atoms with Crippen LogP contribution in [0.5, 0.6) is 34.5 Å². The zero-order valence-electron chi connectivity index (χ0n) is 35.7. The van der Waals surface area contributed by atoms with Gasteiger partial charge in [-0.05, 0) is 96.6 Å². The maximum Gasteiger partial charge on any atom is 0.530 e. The Kier molecular flexibility index (Phi) is 22.6. The minimum absolute atomic E-state index is 0. The van der Waals surface area contributed by atoms with E-state index in [1.807, 2.05) is 189 Å². The summed E-state index contributed by atoms with van der Waals surface area (Å²) in [7, 11) is -3.62. The van der Waals surface area contributed by atoms with Crippen molar-refractivity contribution < 1.29 is 48.4 Å². The number of para-hydroxylation sites is 6. The average molecular weight is 972 g/mol. The van der Waals surface area contributed by atoms with Crippen LogP contribution in [0.15, 0.2) is 273 Å². The molecule has 0 amide bonds. The van der Waals surface area contributed by atoms with Gasteiger partial charge in [0.05, 0.1) is 0 Å². The van der Waals surface area contributed by atoms with E-state index in [9.17, 15) is 0 Å². The Balaban J connectivity index is 0.000000181. The van der Waals surface area contributed by atoms with Crippen LogP contribution in [0.3, 0.4) is 0 Å². The molecule has 0 saturated heterocycles. The zero-order valence-corrected chi connectivity index (χ0v) is 39.4. The SMILES string of the molecule is C=O.[Ni].c1ccc(OP(Oc2ccccc2)Oc2ccccc2)cc1.c1ccc(OP(Oc2ccccc2)Oc2ccccc2)cc1.c1ccc(P(c2ccccc2)c2ccccc2)cc1. The molecule has 0 saturated carbocycles. The molecule has 0 heterocycles. The monoisotopic (exact) mass is 970 g/mol. The molecular formula is C55H47NiO7P3. The average Bonchev–Trinajstić information content (AvgIpc) is 3.38. The summed E-state index contributed by atoms with van der Waals surface area (Å²) in [6.07, 6.45) is 0. The standard InChI is InChI=1S/2C18H15O3P.C18H15P.CH2O.Ni/c2*1-4-10-16(11-5-1)19-22(20-17-12-6-2-7-13-17)21-18-14-8-3-9-15-18;1-4-10-16(11-5-1)19(17-12-6-2-7-13-17)18-14-8-3-9-15-18;1-2;/h2*1-15H;1-15H;1H2;. The molecule has 66 heavy (non-hydrogen) atoms. The largest absolute Gasteiger partial charge is 0.530 e. The first-order valence-electron chi connectivity index (χ1n) is 20.5. The van der Waals surface area contributed by atoms with Crippen LogP contribution in [0, 0.1) is 0 Å². The summed E-state index contributed by atoms with van der Waals surface area (Å²) in [5, 5.41) is 4.19. The number of carbonyl (C=O) groups excluding carboxylic acids is 1. The first-order chi connectivity index (χ1) is 32.2. The van der Waals surface area contributed by atoms with Crippen molar-refractivity contribution in [3.63, 3.8) is 0 Å². The number of benzene rings is 9. The van der Waals surface area contributed by atoms with E-state index in [1.54, 1.807) is 0 Å². The second-order valence-corrected chi connectivity index (χ2v) is 17.4. The summed E-state index contributed by atoms with van der Waals surface area (Å²) in [5.74, 6) is 4.25. The first-order valence-corrected chi connectivity index (χ1v) is 24.0. The third kappa shape index (κ3) is 17.7. The maximum absolute atomic E-state index is 8.00. The number of hydrogen-bond donors (Lipinski definition) is 0. The Morgan fingerprint density at radius 3 is 0.515 bits per heavy atom. The van der Waals surface area contributed by atoms with Crippen molar-refractivity contribution in [3.05, 3.63) is 273 Å². The van der Waals surface area contributed by atoms with Crippen LogP contribution in [-0.4, -0.2) is 6.79 Å². The molecule has 0 bridgehead atoms. The maximum atomic E-state index is 8.00. The Morgan fingerprint density at radius 2 is 0.364 bits per heavy atom. The van der Waals surface area contributed by atoms with Gasteiger partial charge in [0.25, 0.3) is 0 Å². The molecule has 0 unspecified atom stereocenters. The van der Waals surface area contributed by atoms with E-state index in [0.717, 1.165) is 0 Å². The first kappa shape index (κ1) is 50.2. The van der Waals surface area contributed by atoms with Crippen molar-refractivity contribution in [3.8, 4) is 34.5 Å². The van der Waals surface area contributed by atoms with Crippen molar-refractivity contribution in [1.29, 1.82) is 0 Å². The van der Waals surface area contributed by atoms with Gasteiger partial charge in [-0.3, -0.25) is 0 Å². The summed E-state index contributed by atoms with van der Waals surface area (Å²) < 4.78 is 35.1. The Morgan fingerprint density at radius 1 is 0.227 bits per heavy atom. The molecule has 0 aliphatic rings. The summed E-state index contributed by atoms with van der Waals surface area (Å²) in [6, 6.07) is 89.3. The van der Waals surface area contributed by atoms with Crippen molar-refractivity contribution in [2.45, 2.75) is 0 Å². The Labute approximate surface area is 401 Å². The molecule has 0 spiro atoms. The van der Waals surface area contributed by atoms with E-state index in [0.29, 0.717) is 34.5 Å². The number of carbonyl (C=O) groups is 1. The smallest absolute Gasteiger partial charge is 0.409 e. The van der Waals surface area contributed by atoms with Gasteiger partial charge in [-0.1, -0.05) is 200 Å². The predicted octanol–water partition coefficient (Wildman–Crippen LogP) is 14.2. The van der Waals surface area contributed by atoms with Crippen LogP contribution in [0.1, 0.15) is 0 Å². The normalized spacial score (nSPS) is 9.92. The third-order valence-corrected chi connectivity index (χ3v) is 13.2. The van der Waals surface area contributed by atoms with Crippen molar-refractivity contribution >= 4 is 47.8 Å². The molecule has 0 aliphatic carbocycles. The van der Waals surface area contributed by atoms with Gasteiger partial charge in [-0.15, -0.1) is 0 Å². The van der Waals surface area contributed by atoms with Crippen molar-refractivity contribution in [1.82, 2.24) is 0 Å². The van der Waals surface area contributed by atoms with Gasteiger partial charge >= 0.3 is 17.2 Å². The third-order valence-electron chi connectivity index (χ3n) is 8.58. The van der Waals surface area contributed by atoms with E-state index < -0.39 is 25.1 Å². The molecule has 0 fully saturated rings. The topological polar surface area (TPSA) is 72.5 Å². The van der Waals surface area contributed by atoms with Gasteiger partial charge in [0.2, 0.25) is 0 Å². The van der Waals surface area contributed by atoms with Crippen LogP contribution in [0.2, 0.25) is 0 Å². The number of hydrogen-bond acceptors (Lipinski definition) is 7. The van der Waals surface area contributed by atoms with E-state index in [2.05, 4.69) is 91.0 Å². The van der Waals surface area contributed by atoms with Crippen molar-refractivity contribution in [2.24, 2.45) is 0 Å². The van der Waals surface area contributed by atoms with Crippen LogP contribution in [-0.2, 0) is 21.3 Å². The molecule has 11 heteroatoms. The molecular weight excluding hydrogens is 924 g/mol. The fourth-order valence-electron chi connectivity index (χ4n) is 5.69. The quantitative estimate of drug-likeness (QED) is 0.0748. The second-order valence-electron chi connectivity index (χ2n) is 13.2. The fraction of sp³-hybridized carbons (Fsp3) is 0. The molecule has 9 rings (SSSR count). The van der Waals surface area contributed by atoms with E-state index >= 15 is 0 Å². The second kappa shape index (κ2) is 29.6. The molecule has 0 atom stereocenters. The van der Waals surface area contributed by atoms with Gasteiger partial charge in [-0.25, -0.2) is 0 Å². The van der Waals surface area contributed by atoms with E-state index in [4.69, 9.17) is 31.9 Å². The van der Waals surface area contributed by atoms with Crippen LogP contribution < -0.4 is 43.1 Å². The van der Waals surface area contributed by atoms with Gasteiger partial charge in [0.15, 0.2) is 0 Å². The van der Waals surface area contributed by atoms with Crippen LogP contribution >= 0.6 is 25.1 Å². The number of rotatable bonds is 15. The molecule has 7 nitrogen and oxygen atoms in total. The van der Waals surface area contributed by atoms with Gasteiger partial charge in [0.1, 0.15) is 41.3 Å². The molecule has 0 radical (unpaired) electrons. The molecule has 0 aromatic heterocycles.